The van der Waals surface area contributed by atoms with Gasteiger partial charge in [0.25, 0.3) is 5.91 Å². The minimum atomic E-state index is -0.176. The zero-order valence-electron chi connectivity index (χ0n) is 15.7. The Bertz CT molecular complexity index is 772. The highest BCUT2D eigenvalue weighted by Gasteiger charge is 2.28. The molecule has 0 saturated carbocycles. The predicted octanol–water partition coefficient (Wildman–Crippen LogP) is 2.98. The van der Waals surface area contributed by atoms with Crippen LogP contribution in [0.2, 0.25) is 0 Å². The van der Waals surface area contributed by atoms with Crippen LogP contribution in [0, 0.1) is 11.3 Å². The van der Waals surface area contributed by atoms with Crippen LogP contribution >= 0.6 is 11.8 Å². The maximum Gasteiger partial charge on any atom is 0.286 e. The topological polar surface area (TPSA) is 68.9 Å². The second kappa shape index (κ2) is 9.07. The van der Waals surface area contributed by atoms with Gasteiger partial charge in [-0.3, -0.25) is 9.69 Å². The number of amides is 1. The molecule has 1 aromatic rings. The number of carbonyl (C=O) groups is 1. The Hall–Kier alpha value is -2.30. The molecule has 1 amide bonds. The van der Waals surface area contributed by atoms with Crippen molar-refractivity contribution in [1.29, 1.82) is 5.26 Å². The van der Waals surface area contributed by atoms with Gasteiger partial charge in [0.15, 0.2) is 5.17 Å². The molecule has 1 saturated heterocycles. The van der Waals surface area contributed by atoms with Crippen LogP contribution in [0.4, 0.5) is 0 Å². The minimum absolute atomic E-state index is 0.137. The van der Waals surface area contributed by atoms with Crippen LogP contribution in [-0.2, 0) is 4.79 Å². The van der Waals surface area contributed by atoms with E-state index in [1.54, 1.807) is 0 Å². The third-order valence-electron chi connectivity index (χ3n) is 4.34. The van der Waals surface area contributed by atoms with E-state index in [4.69, 9.17) is 10.00 Å². The van der Waals surface area contributed by atoms with Crippen molar-refractivity contribution in [2.24, 2.45) is 4.99 Å². The van der Waals surface area contributed by atoms with Crippen LogP contribution in [0.5, 0.6) is 5.75 Å². The highest BCUT2D eigenvalue weighted by Crippen LogP contribution is 2.31. The lowest BCUT2D eigenvalue weighted by atomic mass is 10.2. The molecule has 0 atom stereocenters. The quantitative estimate of drug-likeness (QED) is 0.727. The van der Waals surface area contributed by atoms with Gasteiger partial charge in [0.05, 0.1) is 17.1 Å². The van der Waals surface area contributed by atoms with Gasteiger partial charge in [-0.25, -0.2) is 0 Å². The highest BCUT2D eigenvalue weighted by atomic mass is 32.2. The Morgan fingerprint density at radius 1 is 1.26 bits per heavy atom. The summed E-state index contributed by atoms with van der Waals surface area (Å²) < 4.78 is 5.65. The highest BCUT2D eigenvalue weighted by molar-refractivity contribution is 8.18. The number of thioether (sulfide) groups is 1. The van der Waals surface area contributed by atoms with Crippen molar-refractivity contribution < 1.29 is 9.53 Å². The van der Waals surface area contributed by atoms with Crippen LogP contribution in [-0.4, -0.2) is 59.7 Å². The number of rotatable bonds is 5. The minimum Gasteiger partial charge on any atom is -0.491 e. The molecular formula is C20H24N4O2S. The molecule has 2 aliphatic heterocycles. The summed E-state index contributed by atoms with van der Waals surface area (Å²) in [6.45, 7) is 8.25. The van der Waals surface area contributed by atoms with Gasteiger partial charge in [-0.1, -0.05) is 12.1 Å². The number of nitrogens with zero attached hydrogens (tertiary/aromatic N) is 4. The summed E-state index contributed by atoms with van der Waals surface area (Å²) in [5.74, 6) is 0.646. The van der Waals surface area contributed by atoms with Crippen molar-refractivity contribution in [3.63, 3.8) is 0 Å². The van der Waals surface area contributed by atoms with Gasteiger partial charge >= 0.3 is 0 Å². The van der Waals surface area contributed by atoms with E-state index in [0.717, 1.165) is 49.2 Å². The Morgan fingerprint density at radius 2 is 1.96 bits per heavy atom. The van der Waals surface area contributed by atoms with Crippen LogP contribution < -0.4 is 4.74 Å². The summed E-state index contributed by atoms with van der Waals surface area (Å²) in [5, 5.41) is 9.48. The number of piperazine rings is 1. The fraction of sp³-hybridized carbons (Fsp3) is 0.450. The van der Waals surface area contributed by atoms with Gasteiger partial charge < -0.3 is 9.64 Å². The lowest BCUT2D eigenvalue weighted by Crippen LogP contribution is -2.47. The lowest BCUT2D eigenvalue weighted by Gasteiger charge is -2.34. The van der Waals surface area contributed by atoms with E-state index in [1.807, 2.05) is 44.2 Å². The zero-order valence-corrected chi connectivity index (χ0v) is 16.5. The number of aliphatic imine (C=N–C) groups is 1. The molecule has 27 heavy (non-hydrogen) atoms. The van der Waals surface area contributed by atoms with E-state index in [2.05, 4.69) is 20.9 Å². The van der Waals surface area contributed by atoms with E-state index < -0.39 is 0 Å². The molecule has 0 bridgehead atoms. The molecule has 1 fully saturated rings. The van der Waals surface area contributed by atoms with Gasteiger partial charge in [0.1, 0.15) is 5.75 Å². The number of amidine groups is 1. The predicted molar refractivity (Wildman–Crippen MR) is 108 cm³/mol. The number of benzene rings is 1. The molecule has 142 valence electrons. The average molecular weight is 385 g/mol. The van der Waals surface area contributed by atoms with E-state index in [-0.39, 0.29) is 12.0 Å². The summed E-state index contributed by atoms with van der Waals surface area (Å²) in [6, 6.07) is 9.91. The van der Waals surface area contributed by atoms with E-state index >= 15 is 0 Å². The van der Waals surface area contributed by atoms with Crippen molar-refractivity contribution in [1.82, 2.24) is 9.80 Å². The molecule has 6 nitrogen and oxygen atoms in total. The Morgan fingerprint density at radius 3 is 2.59 bits per heavy atom. The number of hydrogen-bond donors (Lipinski definition) is 0. The largest absolute Gasteiger partial charge is 0.491 e. The fourth-order valence-corrected chi connectivity index (χ4v) is 3.94. The standard InChI is InChI=1S/C20H24N4O2S/c1-15(2)26-17-6-4-16(5-7-17)14-18-19(25)22-20(27-18)24-12-10-23(11-13-24)9-3-8-21/h4-7,14-15H,3,9-13H2,1-2H3. The maximum atomic E-state index is 12.3. The molecular weight excluding hydrogens is 360 g/mol. The van der Waals surface area contributed by atoms with Crippen molar-refractivity contribution >= 4 is 28.9 Å². The second-order valence-corrected chi connectivity index (χ2v) is 7.79. The molecule has 2 aliphatic rings. The fourth-order valence-electron chi connectivity index (χ4n) is 2.97. The van der Waals surface area contributed by atoms with Crippen molar-refractivity contribution in [3.05, 3.63) is 34.7 Å². The van der Waals surface area contributed by atoms with E-state index in [9.17, 15) is 4.79 Å². The molecule has 1 aromatic carbocycles. The number of ether oxygens (including phenoxy) is 1. The van der Waals surface area contributed by atoms with E-state index in [1.165, 1.54) is 11.8 Å². The molecule has 0 spiro atoms. The molecule has 0 aliphatic carbocycles. The molecule has 0 radical (unpaired) electrons. The van der Waals surface area contributed by atoms with Crippen LogP contribution in [0.1, 0.15) is 25.8 Å². The first-order chi connectivity index (χ1) is 13.0. The monoisotopic (exact) mass is 384 g/mol. The van der Waals surface area contributed by atoms with Crippen LogP contribution in [0.25, 0.3) is 6.08 Å². The first-order valence-corrected chi connectivity index (χ1v) is 10.0. The molecule has 7 heteroatoms. The summed E-state index contributed by atoms with van der Waals surface area (Å²) in [7, 11) is 0. The number of hydrogen-bond acceptors (Lipinski definition) is 6. The van der Waals surface area contributed by atoms with Crippen LogP contribution in [0.15, 0.2) is 34.2 Å². The zero-order chi connectivity index (χ0) is 19.2. The molecule has 0 aromatic heterocycles. The van der Waals surface area contributed by atoms with Gasteiger partial charge in [0, 0.05) is 39.1 Å². The Labute approximate surface area is 164 Å². The lowest BCUT2D eigenvalue weighted by molar-refractivity contribution is -0.113. The maximum absolute atomic E-state index is 12.3. The second-order valence-electron chi connectivity index (χ2n) is 6.78. The summed E-state index contributed by atoms with van der Waals surface area (Å²) in [6.07, 6.45) is 2.57. The molecule has 2 heterocycles. The summed E-state index contributed by atoms with van der Waals surface area (Å²) in [4.78, 5) is 21.6. The van der Waals surface area contributed by atoms with E-state index in [0.29, 0.717) is 11.3 Å². The van der Waals surface area contributed by atoms with Crippen molar-refractivity contribution in [2.75, 3.05) is 32.7 Å². The van der Waals surface area contributed by atoms with Crippen molar-refractivity contribution in [3.8, 4) is 11.8 Å². The Kier molecular flexibility index (Phi) is 6.54. The normalized spacial score (nSPS) is 19.5. The average Bonchev–Trinajstić information content (AvgIpc) is 3.02. The SMILES string of the molecule is CC(C)Oc1ccc(C=C2SC(N3CCN(CCC#N)CC3)=NC2=O)cc1. The number of carbonyl (C=O) groups excluding carboxylic acids is 1. The van der Waals surface area contributed by atoms with Gasteiger partial charge in [0.2, 0.25) is 0 Å². The first kappa shape index (κ1) is 19.5. The smallest absolute Gasteiger partial charge is 0.286 e. The van der Waals surface area contributed by atoms with Gasteiger partial charge in [-0.2, -0.15) is 10.3 Å². The molecule has 0 N–H and O–H groups in total. The summed E-state index contributed by atoms with van der Waals surface area (Å²) in [5.41, 5.74) is 0.958. The molecule has 0 unspecified atom stereocenters. The van der Waals surface area contributed by atoms with Crippen LogP contribution in [0.3, 0.4) is 0 Å². The molecule has 3 rings (SSSR count). The third kappa shape index (κ3) is 5.34. The van der Waals surface area contributed by atoms with Gasteiger partial charge in [-0.05, 0) is 49.4 Å². The first-order valence-electron chi connectivity index (χ1n) is 9.18. The number of nitriles is 1. The van der Waals surface area contributed by atoms with Crippen molar-refractivity contribution in [2.45, 2.75) is 26.4 Å². The Balaban J connectivity index is 1.57. The summed E-state index contributed by atoms with van der Waals surface area (Å²) >= 11 is 1.44. The van der Waals surface area contributed by atoms with Gasteiger partial charge in [-0.15, -0.1) is 0 Å². The third-order valence-corrected chi connectivity index (χ3v) is 5.39.